The Morgan fingerprint density at radius 3 is 2.75 bits per heavy atom. The largest absolute Gasteiger partial charge is 0.469 e. The van der Waals surface area contributed by atoms with E-state index in [0.717, 1.165) is 25.7 Å². The number of ether oxygens (including phenoxy) is 1. The molecule has 0 heterocycles. The van der Waals surface area contributed by atoms with E-state index in [4.69, 9.17) is 0 Å². The number of rotatable bonds is 6. The number of carbonyl (C=O) groups excluding carboxylic acids is 1. The summed E-state index contributed by atoms with van der Waals surface area (Å²) in [4.78, 5) is 10.7. The van der Waals surface area contributed by atoms with Gasteiger partial charge in [0.25, 0.3) is 0 Å². The fraction of sp³-hybridized carbons (Fsp3) is 0.600. The zero-order valence-corrected chi connectivity index (χ0v) is 7.71. The second kappa shape index (κ2) is 8.31. The van der Waals surface area contributed by atoms with Gasteiger partial charge in [0, 0.05) is 6.42 Å². The van der Waals surface area contributed by atoms with Crippen LogP contribution in [-0.2, 0) is 9.53 Å². The molecule has 2 nitrogen and oxygen atoms in total. The zero-order chi connectivity index (χ0) is 9.23. The minimum atomic E-state index is -0.109. The maximum absolute atomic E-state index is 10.7. The second-order valence-corrected chi connectivity index (χ2v) is 2.65. The molecule has 0 saturated heterocycles. The molecule has 0 saturated carbocycles. The van der Waals surface area contributed by atoms with Crippen molar-refractivity contribution in [1.82, 2.24) is 0 Å². The van der Waals surface area contributed by atoms with E-state index in [1.807, 2.05) is 6.08 Å². The minimum absolute atomic E-state index is 0.109. The van der Waals surface area contributed by atoms with Gasteiger partial charge in [0.2, 0.25) is 0 Å². The minimum Gasteiger partial charge on any atom is -0.469 e. The molecule has 0 aromatic carbocycles. The lowest BCUT2D eigenvalue weighted by Gasteiger charge is -1.97. The molecule has 2 heteroatoms. The Labute approximate surface area is 74.6 Å². The lowest BCUT2D eigenvalue weighted by Crippen LogP contribution is -1.98. The van der Waals surface area contributed by atoms with Gasteiger partial charge >= 0.3 is 5.97 Å². The standard InChI is InChI=1S/C10H17O2/c1-3-4-5-6-7-8-9-10(11)12-2/h3-4H,1,5-9H2,2H3/b4-3+. The first-order chi connectivity index (χ1) is 5.81. The lowest BCUT2D eigenvalue weighted by molar-refractivity contribution is -0.140. The molecule has 0 aromatic heterocycles. The van der Waals surface area contributed by atoms with Crippen LogP contribution >= 0.6 is 0 Å². The average Bonchev–Trinajstić information content (AvgIpc) is 2.10. The van der Waals surface area contributed by atoms with E-state index in [9.17, 15) is 4.79 Å². The Kier molecular flexibility index (Phi) is 7.76. The van der Waals surface area contributed by atoms with E-state index in [0.29, 0.717) is 6.42 Å². The summed E-state index contributed by atoms with van der Waals surface area (Å²) in [6, 6.07) is 0. The van der Waals surface area contributed by atoms with Crippen molar-refractivity contribution in [3.05, 3.63) is 19.1 Å². The van der Waals surface area contributed by atoms with E-state index >= 15 is 0 Å². The van der Waals surface area contributed by atoms with Crippen molar-refractivity contribution in [1.29, 1.82) is 0 Å². The molecule has 0 aromatic rings. The van der Waals surface area contributed by atoms with E-state index in [1.54, 1.807) is 6.08 Å². The van der Waals surface area contributed by atoms with Crippen molar-refractivity contribution >= 4 is 5.97 Å². The number of methoxy groups -OCH3 is 1. The predicted octanol–water partition coefficient (Wildman–Crippen LogP) is 2.50. The summed E-state index contributed by atoms with van der Waals surface area (Å²) < 4.78 is 4.51. The van der Waals surface area contributed by atoms with E-state index in [2.05, 4.69) is 11.7 Å². The van der Waals surface area contributed by atoms with Gasteiger partial charge in [-0.2, -0.15) is 0 Å². The van der Waals surface area contributed by atoms with Gasteiger partial charge < -0.3 is 4.74 Å². The first-order valence-electron chi connectivity index (χ1n) is 4.32. The van der Waals surface area contributed by atoms with E-state index in [-0.39, 0.29) is 5.97 Å². The van der Waals surface area contributed by atoms with Crippen molar-refractivity contribution in [2.75, 3.05) is 7.11 Å². The fourth-order valence-corrected chi connectivity index (χ4v) is 0.928. The van der Waals surface area contributed by atoms with Crippen molar-refractivity contribution in [2.24, 2.45) is 0 Å². The summed E-state index contributed by atoms with van der Waals surface area (Å²) >= 11 is 0. The highest BCUT2D eigenvalue weighted by Gasteiger charge is 1.97. The summed E-state index contributed by atoms with van der Waals surface area (Å²) in [6.45, 7) is 3.59. The maximum Gasteiger partial charge on any atom is 0.305 e. The number of hydrogen-bond acceptors (Lipinski definition) is 2. The van der Waals surface area contributed by atoms with Crippen molar-refractivity contribution in [3.8, 4) is 0 Å². The van der Waals surface area contributed by atoms with Crippen LogP contribution in [0.2, 0.25) is 0 Å². The zero-order valence-electron chi connectivity index (χ0n) is 7.71. The quantitative estimate of drug-likeness (QED) is 0.451. The fourth-order valence-electron chi connectivity index (χ4n) is 0.928. The van der Waals surface area contributed by atoms with Gasteiger partial charge in [0.15, 0.2) is 0 Å². The van der Waals surface area contributed by atoms with Gasteiger partial charge in [-0.05, 0) is 26.2 Å². The molecule has 0 bridgehead atoms. The molecule has 12 heavy (non-hydrogen) atoms. The molecule has 0 aliphatic rings. The van der Waals surface area contributed by atoms with E-state index < -0.39 is 0 Å². The van der Waals surface area contributed by atoms with Crippen molar-refractivity contribution in [3.63, 3.8) is 0 Å². The summed E-state index contributed by atoms with van der Waals surface area (Å²) in [5, 5.41) is 0. The molecule has 0 aliphatic heterocycles. The van der Waals surface area contributed by atoms with Crippen molar-refractivity contribution in [2.45, 2.75) is 32.1 Å². The summed E-state index contributed by atoms with van der Waals surface area (Å²) in [5.41, 5.74) is 0. The topological polar surface area (TPSA) is 26.3 Å². The monoisotopic (exact) mass is 169 g/mol. The van der Waals surface area contributed by atoms with Gasteiger partial charge in [0.05, 0.1) is 7.11 Å². The Morgan fingerprint density at radius 1 is 1.42 bits per heavy atom. The van der Waals surface area contributed by atoms with Crippen LogP contribution in [0.3, 0.4) is 0 Å². The highest BCUT2D eigenvalue weighted by molar-refractivity contribution is 5.68. The van der Waals surface area contributed by atoms with Crippen LogP contribution < -0.4 is 0 Å². The molecule has 0 spiro atoms. The third kappa shape index (κ3) is 7.32. The van der Waals surface area contributed by atoms with Crippen LogP contribution in [0.25, 0.3) is 0 Å². The lowest BCUT2D eigenvalue weighted by atomic mass is 10.1. The highest BCUT2D eigenvalue weighted by Crippen LogP contribution is 2.04. The van der Waals surface area contributed by atoms with Gasteiger partial charge in [-0.15, -0.1) is 0 Å². The number of esters is 1. The Bertz CT molecular complexity index is 139. The summed E-state index contributed by atoms with van der Waals surface area (Å²) in [6.07, 6.45) is 8.59. The third-order valence-electron chi connectivity index (χ3n) is 1.65. The number of allylic oxidation sites excluding steroid dienone is 2. The molecule has 1 radical (unpaired) electrons. The Morgan fingerprint density at radius 2 is 2.17 bits per heavy atom. The molecule has 0 rings (SSSR count). The summed E-state index contributed by atoms with van der Waals surface area (Å²) in [7, 11) is 1.42. The van der Waals surface area contributed by atoms with Gasteiger partial charge in [0.1, 0.15) is 0 Å². The number of unbranched alkanes of at least 4 members (excludes halogenated alkanes) is 3. The molecule has 0 amide bonds. The molecule has 0 unspecified atom stereocenters. The highest BCUT2D eigenvalue weighted by atomic mass is 16.5. The Hall–Kier alpha value is -0.790. The molecular weight excluding hydrogens is 152 g/mol. The first kappa shape index (κ1) is 11.2. The molecular formula is C10H17O2. The van der Waals surface area contributed by atoms with Gasteiger partial charge in [-0.3, -0.25) is 4.79 Å². The molecule has 0 N–H and O–H groups in total. The third-order valence-corrected chi connectivity index (χ3v) is 1.65. The van der Waals surface area contributed by atoms with Crippen LogP contribution in [0.1, 0.15) is 32.1 Å². The van der Waals surface area contributed by atoms with Crippen LogP contribution in [0.5, 0.6) is 0 Å². The molecule has 0 atom stereocenters. The maximum atomic E-state index is 10.7. The Balaban J connectivity index is 3.05. The van der Waals surface area contributed by atoms with Crippen LogP contribution in [-0.4, -0.2) is 13.1 Å². The van der Waals surface area contributed by atoms with Gasteiger partial charge in [-0.1, -0.05) is 18.6 Å². The predicted molar refractivity (Wildman–Crippen MR) is 49.6 cm³/mol. The SMILES string of the molecule is [CH2]/C=C/CCCCCC(=O)OC. The van der Waals surface area contributed by atoms with Crippen molar-refractivity contribution < 1.29 is 9.53 Å². The normalized spacial score (nSPS) is 10.5. The number of carbonyl (C=O) groups is 1. The van der Waals surface area contributed by atoms with E-state index in [1.165, 1.54) is 7.11 Å². The average molecular weight is 169 g/mol. The second-order valence-electron chi connectivity index (χ2n) is 2.65. The molecule has 69 valence electrons. The number of hydrogen-bond donors (Lipinski definition) is 0. The summed E-state index contributed by atoms with van der Waals surface area (Å²) in [5.74, 6) is -0.109. The smallest absolute Gasteiger partial charge is 0.305 e. The first-order valence-corrected chi connectivity index (χ1v) is 4.32. The van der Waals surface area contributed by atoms with Crippen LogP contribution in [0, 0.1) is 6.92 Å². The molecule has 0 fully saturated rings. The van der Waals surface area contributed by atoms with Crippen LogP contribution in [0.15, 0.2) is 12.2 Å². The van der Waals surface area contributed by atoms with Crippen LogP contribution in [0.4, 0.5) is 0 Å². The van der Waals surface area contributed by atoms with Gasteiger partial charge in [-0.25, -0.2) is 0 Å². The molecule has 0 aliphatic carbocycles.